The van der Waals surface area contributed by atoms with Gasteiger partial charge in [-0.25, -0.2) is 4.98 Å². The number of H-pyrrole nitrogens is 2. The average molecular weight is 639 g/mol. The minimum Gasteiger partial charge on any atom is -0.361 e. The predicted octanol–water partition coefficient (Wildman–Crippen LogP) is 5.35. The van der Waals surface area contributed by atoms with Gasteiger partial charge in [-0.15, -0.1) is 0 Å². The Balaban J connectivity index is 1.19. The first kappa shape index (κ1) is 31.1. The number of rotatable bonds is 11. The SMILES string of the molecule is O=C(N[C@H](Cc1ccc2ccccc2c1)C(=O)N[C@H](Cc1c[nH]c2ccccc12)C(=O)c1ncc(-c2ccccc2)[nH]1)C1CCNCC1. The van der Waals surface area contributed by atoms with Crippen molar-refractivity contribution >= 4 is 39.3 Å². The molecule has 9 nitrogen and oxygen atoms in total. The van der Waals surface area contributed by atoms with Crippen molar-refractivity contribution < 1.29 is 14.4 Å². The lowest BCUT2D eigenvalue weighted by molar-refractivity contribution is -0.131. The third kappa shape index (κ3) is 6.91. The van der Waals surface area contributed by atoms with Crippen molar-refractivity contribution in [2.75, 3.05) is 13.1 Å². The van der Waals surface area contributed by atoms with E-state index in [-0.39, 0.29) is 36.3 Å². The molecule has 9 heteroatoms. The van der Waals surface area contributed by atoms with Crippen LogP contribution in [0, 0.1) is 5.92 Å². The van der Waals surface area contributed by atoms with Gasteiger partial charge in [-0.2, -0.15) is 0 Å². The van der Waals surface area contributed by atoms with Crippen LogP contribution in [0.25, 0.3) is 32.9 Å². The molecule has 0 radical (unpaired) electrons. The third-order valence-electron chi connectivity index (χ3n) is 9.22. The number of benzene rings is 4. The first-order chi connectivity index (χ1) is 23.5. The standard InChI is InChI=1S/C39H38N6O3/c46-36(37-42-24-35(43-37)27-9-2-1-3-10-27)33(22-30-23-41-32-13-7-6-12-31(30)32)44-39(48)34(45-38(47)28-16-18-40-19-17-28)21-25-14-15-26-8-4-5-11-29(26)20-25/h1-15,20,23-24,28,33-34,40-41H,16-19,21-22H2,(H,42,43)(H,44,48)(H,45,47)/t33-,34-/m1/s1. The monoisotopic (exact) mass is 638 g/mol. The van der Waals surface area contributed by atoms with Crippen LogP contribution in [0.4, 0.5) is 0 Å². The molecule has 0 saturated carbocycles. The van der Waals surface area contributed by atoms with Gasteiger partial charge in [-0.1, -0.05) is 91.0 Å². The summed E-state index contributed by atoms with van der Waals surface area (Å²) < 4.78 is 0. The van der Waals surface area contributed by atoms with E-state index in [9.17, 15) is 14.4 Å². The van der Waals surface area contributed by atoms with E-state index in [2.05, 4.69) is 37.0 Å². The van der Waals surface area contributed by atoms with E-state index in [1.54, 1.807) is 6.20 Å². The molecule has 48 heavy (non-hydrogen) atoms. The fourth-order valence-corrected chi connectivity index (χ4v) is 6.56. The zero-order chi connectivity index (χ0) is 32.9. The Labute approximate surface area is 278 Å². The third-order valence-corrected chi connectivity index (χ3v) is 9.22. The van der Waals surface area contributed by atoms with E-state index in [4.69, 9.17) is 0 Å². The van der Waals surface area contributed by atoms with Gasteiger partial charge >= 0.3 is 0 Å². The van der Waals surface area contributed by atoms with Crippen molar-refractivity contribution in [3.63, 3.8) is 0 Å². The predicted molar refractivity (Wildman–Crippen MR) is 187 cm³/mol. The second-order valence-corrected chi connectivity index (χ2v) is 12.5. The van der Waals surface area contributed by atoms with Crippen molar-refractivity contribution in [3.05, 3.63) is 126 Å². The molecular weight excluding hydrogens is 600 g/mol. The van der Waals surface area contributed by atoms with E-state index < -0.39 is 18.0 Å². The van der Waals surface area contributed by atoms with Gasteiger partial charge in [0, 0.05) is 35.9 Å². The molecule has 2 atom stereocenters. The van der Waals surface area contributed by atoms with Gasteiger partial charge in [0.25, 0.3) is 0 Å². The molecule has 1 saturated heterocycles. The maximum absolute atomic E-state index is 14.3. The summed E-state index contributed by atoms with van der Waals surface area (Å²) in [7, 11) is 0. The Morgan fingerprint density at radius 3 is 2.38 bits per heavy atom. The number of nitrogens with one attached hydrogen (secondary N) is 5. The molecule has 0 bridgehead atoms. The van der Waals surface area contributed by atoms with Crippen LogP contribution in [0.1, 0.15) is 34.6 Å². The fraction of sp³-hybridized carbons (Fsp3) is 0.231. The Kier molecular flexibility index (Phi) is 9.11. The van der Waals surface area contributed by atoms with Crippen LogP contribution in [0.3, 0.4) is 0 Å². The number of imidazole rings is 1. The first-order valence-corrected chi connectivity index (χ1v) is 16.5. The summed E-state index contributed by atoms with van der Waals surface area (Å²) in [6, 6.07) is 29.8. The number of hydrogen-bond donors (Lipinski definition) is 5. The van der Waals surface area contributed by atoms with Crippen LogP contribution in [0.2, 0.25) is 0 Å². The van der Waals surface area contributed by atoms with Crippen LogP contribution in [-0.4, -0.2) is 57.7 Å². The number of aromatic amines is 2. The maximum atomic E-state index is 14.3. The van der Waals surface area contributed by atoms with E-state index in [0.29, 0.717) is 18.5 Å². The number of aromatic nitrogens is 3. The zero-order valence-corrected chi connectivity index (χ0v) is 26.5. The molecule has 2 amide bonds. The number of fused-ring (bicyclic) bond motifs is 2. The quantitative estimate of drug-likeness (QED) is 0.122. The number of para-hydroxylation sites is 1. The molecule has 3 heterocycles. The van der Waals surface area contributed by atoms with Crippen molar-refractivity contribution in [1.29, 1.82) is 0 Å². The van der Waals surface area contributed by atoms with Crippen molar-refractivity contribution in [1.82, 2.24) is 30.9 Å². The summed E-state index contributed by atoms with van der Waals surface area (Å²) in [4.78, 5) is 52.8. The van der Waals surface area contributed by atoms with Gasteiger partial charge in [-0.05, 0) is 59.5 Å². The normalized spacial score (nSPS) is 14.8. The highest BCUT2D eigenvalue weighted by molar-refractivity contribution is 6.01. The van der Waals surface area contributed by atoms with Crippen LogP contribution >= 0.6 is 0 Å². The van der Waals surface area contributed by atoms with Gasteiger partial charge in [0.05, 0.1) is 17.9 Å². The van der Waals surface area contributed by atoms with Gasteiger partial charge in [-0.3, -0.25) is 14.4 Å². The molecule has 1 aliphatic rings. The largest absolute Gasteiger partial charge is 0.361 e. The minimum absolute atomic E-state index is 0.143. The number of amides is 2. The maximum Gasteiger partial charge on any atom is 0.243 e. The van der Waals surface area contributed by atoms with E-state index in [0.717, 1.165) is 51.5 Å². The lowest BCUT2D eigenvalue weighted by atomic mass is 9.95. The first-order valence-electron chi connectivity index (χ1n) is 16.5. The van der Waals surface area contributed by atoms with Crippen LogP contribution in [-0.2, 0) is 22.4 Å². The number of carbonyl (C=O) groups excluding carboxylic acids is 3. The zero-order valence-electron chi connectivity index (χ0n) is 26.5. The highest BCUT2D eigenvalue weighted by Gasteiger charge is 2.32. The molecule has 0 spiro atoms. The molecule has 5 N–H and O–H groups in total. The molecule has 0 unspecified atom stereocenters. The Morgan fingerprint density at radius 2 is 1.54 bits per heavy atom. The van der Waals surface area contributed by atoms with Crippen LogP contribution in [0.15, 0.2) is 109 Å². The van der Waals surface area contributed by atoms with Crippen molar-refractivity contribution in [2.24, 2.45) is 5.92 Å². The van der Waals surface area contributed by atoms with Gasteiger partial charge in [0.15, 0.2) is 5.82 Å². The molecule has 1 fully saturated rings. The number of piperidine rings is 1. The van der Waals surface area contributed by atoms with Crippen LogP contribution in [0.5, 0.6) is 0 Å². The number of hydrogen-bond acceptors (Lipinski definition) is 5. The summed E-state index contributed by atoms with van der Waals surface area (Å²) in [6.45, 7) is 1.52. The Morgan fingerprint density at radius 1 is 0.792 bits per heavy atom. The summed E-state index contributed by atoms with van der Waals surface area (Å²) in [5, 5.41) is 12.5. The van der Waals surface area contributed by atoms with Crippen molar-refractivity contribution in [3.8, 4) is 11.3 Å². The number of nitrogens with zero attached hydrogens (tertiary/aromatic N) is 1. The van der Waals surface area contributed by atoms with Gasteiger partial charge in [0.2, 0.25) is 17.6 Å². The molecule has 2 aromatic heterocycles. The lowest BCUT2D eigenvalue weighted by Crippen LogP contribution is -2.54. The fourth-order valence-electron chi connectivity index (χ4n) is 6.56. The van der Waals surface area contributed by atoms with E-state index >= 15 is 0 Å². The van der Waals surface area contributed by atoms with E-state index in [1.807, 2.05) is 97.2 Å². The summed E-state index contributed by atoms with van der Waals surface area (Å²) in [5.74, 6) is -0.927. The number of Topliss-reactive ketones (excluding diaryl/α,β-unsaturated/α-hetero) is 1. The number of ketones is 1. The summed E-state index contributed by atoms with van der Waals surface area (Å²) in [6.07, 6.45) is 5.44. The van der Waals surface area contributed by atoms with E-state index in [1.165, 1.54) is 0 Å². The second-order valence-electron chi connectivity index (χ2n) is 12.5. The molecule has 0 aliphatic carbocycles. The Bertz CT molecular complexity index is 2060. The highest BCUT2D eigenvalue weighted by atomic mass is 16.2. The minimum atomic E-state index is -0.943. The molecule has 7 rings (SSSR count). The van der Waals surface area contributed by atoms with Crippen LogP contribution < -0.4 is 16.0 Å². The van der Waals surface area contributed by atoms with Gasteiger partial charge < -0.3 is 25.9 Å². The summed E-state index contributed by atoms with van der Waals surface area (Å²) in [5.41, 5.74) is 4.36. The average Bonchev–Trinajstić information content (AvgIpc) is 3.79. The Hall–Kier alpha value is -5.54. The molecule has 6 aromatic rings. The smallest absolute Gasteiger partial charge is 0.243 e. The lowest BCUT2D eigenvalue weighted by Gasteiger charge is -2.26. The molecule has 1 aliphatic heterocycles. The highest BCUT2D eigenvalue weighted by Crippen LogP contribution is 2.22. The topological polar surface area (TPSA) is 132 Å². The molecule has 4 aromatic carbocycles. The molecular formula is C39H38N6O3. The molecule has 242 valence electrons. The van der Waals surface area contributed by atoms with Crippen molar-refractivity contribution in [2.45, 2.75) is 37.8 Å². The summed E-state index contributed by atoms with van der Waals surface area (Å²) >= 11 is 0. The second kappa shape index (κ2) is 14.1. The van der Waals surface area contributed by atoms with Gasteiger partial charge in [0.1, 0.15) is 6.04 Å². The number of carbonyl (C=O) groups is 3.